The van der Waals surface area contributed by atoms with Gasteiger partial charge in [0.15, 0.2) is 11.5 Å². The van der Waals surface area contributed by atoms with E-state index in [4.69, 9.17) is 0 Å². The molecule has 0 bridgehead atoms. The highest BCUT2D eigenvalue weighted by atomic mass is 32.2. The van der Waals surface area contributed by atoms with E-state index in [9.17, 15) is 8.78 Å². The average Bonchev–Trinajstić information content (AvgIpc) is 3.46. The van der Waals surface area contributed by atoms with Crippen molar-refractivity contribution in [3.8, 4) is 17.1 Å². The van der Waals surface area contributed by atoms with Crippen molar-refractivity contribution in [3.05, 3.63) is 72.9 Å². The molecule has 0 aliphatic carbocycles. The van der Waals surface area contributed by atoms with Gasteiger partial charge >= 0.3 is 6.61 Å². The van der Waals surface area contributed by atoms with Gasteiger partial charge in [0.25, 0.3) is 0 Å². The van der Waals surface area contributed by atoms with Crippen molar-refractivity contribution in [2.24, 2.45) is 0 Å². The van der Waals surface area contributed by atoms with Gasteiger partial charge in [0.05, 0.1) is 28.7 Å². The molecule has 12 heteroatoms. The molecule has 0 atom stereocenters. The Labute approximate surface area is 184 Å². The second-order valence-electron chi connectivity index (χ2n) is 6.48. The molecule has 2 aromatic carbocycles. The van der Waals surface area contributed by atoms with E-state index >= 15 is 0 Å². The van der Waals surface area contributed by atoms with E-state index in [1.54, 1.807) is 23.0 Å². The summed E-state index contributed by atoms with van der Waals surface area (Å²) in [6.45, 7) is -2.88. The quantitative estimate of drug-likeness (QED) is 0.273. The van der Waals surface area contributed by atoms with Crippen LogP contribution in [0.15, 0.2) is 72.1 Å². The zero-order chi connectivity index (χ0) is 21.9. The van der Waals surface area contributed by atoms with Crippen LogP contribution in [0.4, 0.5) is 8.78 Å². The monoisotopic (exact) mass is 452 g/mol. The lowest BCUT2D eigenvalue weighted by molar-refractivity contribution is -0.0498. The lowest BCUT2D eigenvalue weighted by Crippen LogP contribution is -2.04. The van der Waals surface area contributed by atoms with Crippen molar-refractivity contribution in [2.75, 3.05) is 0 Å². The van der Waals surface area contributed by atoms with Gasteiger partial charge in [-0.15, -0.1) is 5.10 Å². The highest BCUT2D eigenvalue weighted by molar-refractivity contribution is 7.98. The predicted molar refractivity (Wildman–Crippen MR) is 112 cm³/mol. The Morgan fingerprint density at radius 1 is 0.938 bits per heavy atom. The molecule has 0 amide bonds. The van der Waals surface area contributed by atoms with Gasteiger partial charge < -0.3 is 4.74 Å². The van der Waals surface area contributed by atoms with Crippen molar-refractivity contribution in [1.29, 1.82) is 0 Å². The molecule has 5 aromatic rings. The highest BCUT2D eigenvalue weighted by Gasteiger charge is 2.15. The molecule has 3 heterocycles. The molecule has 9 nitrogen and oxygen atoms in total. The van der Waals surface area contributed by atoms with Gasteiger partial charge in [-0.3, -0.25) is 0 Å². The summed E-state index contributed by atoms with van der Waals surface area (Å²) in [5, 5.41) is 17.8. The van der Waals surface area contributed by atoms with Crippen LogP contribution in [-0.4, -0.2) is 46.6 Å². The number of fused-ring (bicyclic) bond motifs is 1. The summed E-state index contributed by atoms with van der Waals surface area (Å²) in [7, 11) is 0. The maximum Gasteiger partial charge on any atom is 0.387 e. The molecule has 0 saturated heterocycles. The van der Waals surface area contributed by atoms with E-state index in [1.165, 1.54) is 34.9 Å². The van der Waals surface area contributed by atoms with Crippen LogP contribution in [0, 0.1) is 0 Å². The normalized spacial score (nSPS) is 11.3. The number of aromatic nitrogens is 8. The average molecular weight is 452 g/mol. The van der Waals surface area contributed by atoms with E-state index in [0.29, 0.717) is 22.9 Å². The number of rotatable bonds is 7. The number of para-hydroxylation sites is 1. The van der Waals surface area contributed by atoms with Gasteiger partial charge in [0.2, 0.25) is 0 Å². The molecule has 32 heavy (non-hydrogen) atoms. The molecule has 5 rings (SSSR count). The van der Waals surface area contributed by atoms with Crippen molar-refractivity contribution < 1.29 is 13.5 Å². The first-order chi connectivity index (χ1) is 15.7. The Morgan fingerprint density at radius 3 is 2.50 bits per heavy atom. The summed E-state index contributed by atoms with van der Waals surface area (Å²) in [6.07, 6.45) is 3.23. The Bertz CT molecular complexity index is 1340. The van der Waals surface area contributed by atoms with Crippen LogP contribution in [0.3, 0.4) is 0 Å². The third-order valence-electron chi connectivity index (χ3n) is 4.51. The number of nitrogens with zero attached hydrogens (tertiary/aromatic N) is 8. The number of halogens is 2. The molecule has 0 fully saturated rings. The molecule has 0 spiro atoms. The zero-order valence-electron chi connectivity index (χ0n) is 16.3. The Balaban J connectivity index is 1.37. The number of alkyl halides is 2. The fourth-order valence-electron chi connectivity index (χ4n) is 3.09. The molecule has 3 aromatic heterocycles. The second kappa shape index (κ2) is 8.67. The maximum atomic E-state index is 12.4. The van der Waals surface area contributed by atoms with E-state index in [2.05, 4.69) is 35.3 Å². The van der Waals surface area contributed by atoms with E-state index in [1.807, 2.05) is 30.3 Å². The van der Waals surface area contributed by atoms with E-state index in [-0.39, 0.29) is 5.75 Å². The van der Waals surface area contributed by atoms with Crippen LogP contribution in [0.2, 0.25) is 0 Å². The number of benzene rings is 2. The fourth-order valence-corrected chi connectivity index (χ4v) is 3.96. The predicted octanol–water partition coefficient (Wildman–Crippen LogP) is 3.68. The van der Waals surface area contributed by atoms with Crippen molar-refractivity contribution in [2.45, 2.75) is 17.4 Å². The molecular weight excluding hydrogens is 438 g/mol. The summed E-state index contributed by atoms with van der Waals surface area (Å²) >= 11 is 1.44. The molecule has 0 aliphatic rings. The summed E-state index contributed by atoms with van der Waals surface area (Å²) in [6, 6.07) is 15.8. The van der Waals surface area contributed by atoms with Gasteiger partial charge in [-0.25, -0.2) is 14.6 Å². The van der Waals surface area contributed by atoms with Crippen LogP contribution in [-0.2, 0) is 5.75 Å². The molecule has 0 unspecified atom stereocenters. The van der Waals surface area contributed by atoms with Gasteiger partial charge in [0.1, 0.15) is 17.1 Å². The van der Waals surface area contributed by atoms with Crippen LogP contribution >= 0.6 is 11.8 Å². The lowest BCUT2D eigenvalue weighted by Gasteiger charge is -2.07. The number of hydrogen-bond donors (Lipinski definition) is 0. The zero-order valence-corrected chi connectivity index (χ0v) is 17.1. The number of thioether (sulfide) groups is 1. The largest absolute Gasteiger partial charge is 0.435 e. The first-order valence-corrected chi connectivity index (χ1v) is 10.4. The Morgan fingerprint density at radius 2 is 1.72 bits per heavy atom. The minimum atomic E-state index is -2.88. The first kappa shape index (κ1) is 20.0. The second-order valence-corrected chi connectivity index (χ2v) is 7.44. The SMILES string of the molecule is FC(F)Oc1ccc(-n2nnnc2CSc2ncnc3c2cnn3-c2ccccc2)cc1. The third-order valence-corrected chi connectivity index (χ3v) is 5.51. The summed E-state index contributed by atoms with van der Waals surface area (Å²) in [5.74, 6) is 1.05. The number of ether oxygens (including phenoxy) is 1. The summed E-state index contributed by atoms with van der Waals surface area (Å²) < 4.78 is 32.4. The standard InChI is InChI=1S/C20H14F2N8OS/c21-20(22)31-15-8-6-14(7-9-15)29-17(26-27-28-29)11-32-19-16-10-25-30(18(16)23-12-24-19)13-4-2-1-3-5-13/h1-10,12,20H,11H2. The minimum absolute atomic E-state index is 0.0616. The van der Waals surface area contributed by atoms with Gasteiger partial charge in [-0.2, -0.15) is 18.6 Å². The number of hydrogen-bond acceptors (Lipinski definition) is 8. The van der Waals surface area contributed by atoms with Crippen molar-refractivity contribution >= 4 is 22.8 Å². The maximum absolute atomic E-state index is 12.4. The molecule has 160 valence electrons. The fraction of sp³-hybridized carbons (Fsp3) is 0.100. The van der Waals surface area contributed by atoms with Crippen molar-refractivity contribution in [3.63, 3.8) is 0 Å². The Kier molecular flexibility index (Phi) is 5.42. The smallest absolute Gasteiger partial charge is 0.387 e. The van der Waals surface area contributed by atoms with E-state index < -0.39 is 6.61 Å². The molecular formula is C20H14F2N8OS. The molecule has 0 saturated carbocycles. The van der Waals surface area contributed by atoms with Crippen LogP contribution in [0.1, 0.15) is 5.82 Å². The molecule has 0 radical (unpaired) electrons. The van der Waals surface area contributed by atoms with Crippen LogP contribution in [0.25, 0.3) is 22.4 Å². The Hall–Kier alpha value is -3.93. The van der Waals surface area contributed by atoms with Gasteiger partial charge in [-0.1, -0.05) is 30.0 Å². The van der Waals surface area contributed by atoms with Gasteiger partial charge in [0, 0.05) is 0 Å². The van der Waals surface area contributed by atoms with Crippen molar-refractivity contribution in [1.82, 2.24) is 40.0 Å². The van der Waals surface area contributed by atoms with Crippen LogP contribution < -0.4 is 4.74 Å². The first-order valence-electron chi connectivity index (χ1n) is 9.38. The van der Waals surface area contributed by atoms with E-state index in [0.717, 1.165) is 16.1 Å². The number of tetrazole rings is 1. The van der Waals surface area contributed by atoms with Crippen LogP contribution in [0.5, 0.6) is 5.75 Å². The molecule has 0 aliphatic heterocycles. The van der Waals surface area contributed by atoms with Gasteiger partial charge in [-0.05, 0) is 46.8 Å². The molecule has 0 N–H and O–H groups in total. The lowest BCUT2D eigenvalue weighted by atomic mass is 10.3. The minimum Gasteiger partial charge on any atom is -0.435 e. The third kappa shape index (κ3) is 3.99. The summed E-state index contributed by atoms with van der Waals surface area (Å²) in [4.78, 5) is 8.77. The topological polar surface area (TPSA) is 96.4 Å². The summed E-state index contributed by atoms with van der Waals surface area (Å²) in [5.41, 5.74) is 2.22. The highest BCUT2D eigenvalue weighted by Crippen LogP contribution is 2.28.